The average Bonchev–Trinajstić information content (AvgIpc) is 2.27. The van der Waals surface area contributed by atoms with Crippen molar-refractivity contribution in [2.45, 2.75) is 25.7 Å². The smallest absolute Gasteiger partial charge is 0.469 e. The second kappa shape index (κ2) is 4.98. The highest BCUT2D eigenvalue weighted by molar-refractivity contribution is 5.82. The SMILES string of the molecule is COC(=O)C1CCCCC1C(=[OH+])OC. The summed E-state index contributed by atoms with van der Waals surface area (Å²) in [7, 11) is 2.79. The van der Waals surface area contributed by atoms with Gasteiger partial charge in [-0.05, 0) is 12.8 Å². The zero-order valence-electron chi connectivity index (χ0n) is 8.66. The van der Waals surface area contributed by atoms with Gasteiger partial charge in [-0.2, -0.15) is 0 Å². The highest BCUT2D eigenvalue weighted by Gasteiger charge is 2.41. The molecule has 2 atom stereocenters. The van der Waals surface area contributed by atoms with Crippen LogP contribution in [0.25, 0.3) is 0 Å². The van der Waals surface area contributed by atoms with E-state index in [1.807, 2.05) is 0 Å². The summed E-state index contributed by atoms with van der Waals surface area (Å²) in [5.41, 5.74) is 0. The molecule has 0 saturated heterocycles. The molecule has 0 aromatic carbocycles. The predicted octanol–water partition coefficient (Wildman–Crippen LogP) is 1.11. The van der Waals surface area contributed by atoms with E-state index in [9.17, 15) is 9.59 Å². The van der Waals surface area contributed by atoms with Crippen LogP contribution in [0.4, 0.5) is 0 Å². The van der Waals surface area contributed by atoms with Crippen LogP contribution in [0.3, 0.4) is 0 Å². The van der Waals surface area contributed by atoms with Crippen LogP contribution in [0.5, 0.6) is 0 Å². The first-order valence-electron chi connectivity index (χ1n) is 4.88. The topological polar surface area (TPSA) is 56.9 Å². The minimum atomic E-state index is -0.252. The van der Waals surface area contributed by atoms with Crippen molar-refractivity contribution in [1.82, 2.24) is 0 Å². The lowest BCUT2D eigenvalue weighted by molar-refractivity contribution is -0.147. The maximum absolute atomic E-state index is 11.4. The van der Waals surface area contributed by atoms with Crippen molar-refractivity contribution in [3.05, 3.63) is 0 Å². The van der Waals surface area contributed by atoms with Crippen LogP contribution in [-0.2, 0) is 14.3 Å². The van der Waals surface area contributed by atoms with E-state index >= 15 is 0 Å². The van der Waals surface area contributed by atoms with Gasteiger partial charge in [0.25, 0.3) is 0 Å². The third kappa shape index (κ3) is 2.25. The Bertz CT molecular complexity index is 200. The van der Waals surface area contributed by atoms with Crippen molar-refractivity contribution < 1.29 is 19.1 Å². The largest absolute Gasteiger partial charge is 0.486 e. The van der Waals surface area contributed by atoms with Crippen LogP contribution in [0.1, 0.15) is 25.7 Å². The van der Waals surface area contributed by atoms with Gasteiger partial charge in [0.15, 0.2) is 7.11 Å². The second-order valence-electron chi connectivity index (χ2n) is 3.56. The van der Waals surface area contributed by atoms with Crippen LogP contribution < -0.4 is 0 Å². The number of hydrogen-bond donors (Lipinski definition) is 0. The molecule has 1 fully saturated rings. The molecular formula is C10H17O4+. The Morgan fingerprint density at radius 2 is 1.71 bits per heavy atom. The molecule has 0 amide bonds. The van der Waals surface area contributed by atoms with Crippen LogP contribution in [0.15, 0.2) is 0 Å². The summed E-state index contributed by atoms with van der Waals surface area (Å²) in [5, 5.41) is 0. The first kappa shape index (κ1) is 11.0. The predicted molar refractivity (Wildman–Crippen MR) is 51.4 cm³/mol. The maximum Gasteiger partial charge on any atom is 0.486 e. The van der Waals surface area contributed by atoms with Gasteiger partial charge in [0.05, 0.1) is 13.0 Å². The number of ether oxygens (including phenoxy) is 2. The Balaban J connectivity index is 2.68. The molecule has 14 heavy (non-hydrogen) atoms. The molecule has 0 aromatic heterocycles. The average molecular weight is 201 g/mol. The zero-order chi connectivity index (χ0) is 10.6. The molecular weight excluding hydrogens is 184 g/mol. The van der Waals surface area contributed by atoms with Crippen molar-refractivity contribution in [2.24, 2.45) is 11.8 Å². The molecule has 80 valence electrons. The summed E-state index contributed by atoms with van der Waals surface area (Å²) in [6.45, 7) is 0. The fourth-order valence-corrected chi connectivity index (χ4v) is 2.01. The van der Waals surface area contributed by atoms with Crippen molar-refractivity contribution in [3.8, 4) is 0 Å². The molecule has 0 aromatic rings. The molecule has 1 N–H and O–H groups in total. The summed E-state index contributed by atoms with van der Waals surface area (Å²) in [4.78, 5) is 20.9. The molecule has 1 rings (SSSR count). The van der Waals surface area contributed by atoms with Gasteiger partial charge in [-0.15, -0.1) is 0 Å². The molecule has 1 saturated carbocycles. The van der Waals surface area contributed by atoms with E-state index in [1.54, 1.807) is 0 Å². The minimum Gasteiger partial charge on any atom is -0.469 e. The molecule has 1 aliphatic rings. The molecule has 0 heterocycles. The van der Waals surface area contributed by atoms with Gasteiger partial charge in [-0.1, -0.05) is 12.8 Å². The van der Waals surface area contributed by atoms with Gasteiger partial charge >= 0.3 is 11.9 Å². The molecule has 2 unspecified atom stereocenters. The number of carbonyl (C=O) groups is 1. The highest BCUT2D eigenvalue weighted by atomic mass is 16.5. The van der Waals surface area contributed by atoms with Crippen LogP contribution >= 0.6 is 0 Å². The first-order chi connectivity index (χ1) is 6.70. The van der Waals surface area contributed by atoms with Crippen molar-refractivity contribution in [2.75, 3.05) is 14.2 Å². The molecule has 0 bridgehead atoms. The Morgan fingerprint density at radius 1 is 1.14 bits per heavy atom. The number of rotatable bonds is 2. The number of methoxy groups -OCH3 is 2. The minimum absolute atomic E-state index is 0.0416. The van der Waals surface area contributed by atoms with E-state index in [1.165, 1.54) is 14.2 Å². The van der Waals surface area contributed by atoms with E-state index in [4.69, 9.17) is 9.47 Å². The Labute approximate surface area is 83.6 Å². The van der Waals surface area contributed by atoms with E-state index < -0.39 is 0 Å². The fraction of sp³-hybridized carbons (Fsp3) is 0.800. The maximum atomic E-state index is 11.4. The summed E-state index contributed by atoms with van der Waals surface area (Å²) < 4.78 is 9.47. The van der Waals surface area contributed by atoms with E-state index in [-0.39, 0.29) is 23.8 Å². The van der Waals surface area contributed by atoms with Crippen LogP contribution in [-0.4, -0.2) is 31.0 Å². The van der Waals surface area contributed by atoms with Crippen LogP contribution in [0.2, 0.25) is 0 Å². The lowest BCUT2D eigenvalue weighted by Crippen LogP contribution is -2.34. The summed E-state index contributed by atoms with van der Waals surface area (Å²) in [6.07, 6.45) is 3.59. The van der Waals surface area contributed by atoms with Gasteiger partial charge in [0.1, 0.15) is 5.92 Å². The van der Waals surface area contributed by atoms with Crippen molar-refractivity contribution in [3.63, 3.8) is 0 Å². The van der Waals surface area contributed by atoms with Gasteiger partial charge in [-0.3, -0.25) is 4.79 Å². The second-order valence-corrected chi connectivity index (χ2v) is 3.56. The monoisotopic (exact) mass is 201 g/mol. The van der Waals surface area contributed by atoms with Crippen LogP contribution in [0, 0.1) is 11.8 Å². The van der Waals surface area contributed by atoms with E-state index in [0.717, 1.165) is 25.7 Å². The molecule has 0 aliphatic heterocycles. The lowest BCUT2D eigenvalue weighted by atomic mass is 9.79. The van der Waals surface area contributed by atoms with Gasteiger partial charge in [0.2, 0.25) is 0 Å². The van der Waals surface area contributed by atoms with Gasteiger partial charge < -0.3 is 14.3 Å². The third-order valence-corrected chi connectivity index (χ3v) is 2.80. The zero-order valence-corrected chi connectivity index (χ0v) is 8.66. The Morgan fingerprint density at radius 3 is 2.21 bits per heavy atom. The summed E-state index contributed by atoms with van der Waals surface area (Å²) in [6, 6.07) is 0. The molecule has 4 nitrogen and oxygen atoms in total. The Hall–Kier alpha value is -1.06. The number of hydrogen-bond acceptors (Lipinski definition) is 3. The van der Waals surface area contributed by atoms with E-state index in [2.05, 4.69) is 0 Å². The molecule has 0 spiro atoms. The number of esters is 2. The lowest BCUT2D eigenvalue weighted by Gasteiger charge is -2.24. The Kier molecular flexibility index (Phi) is 3.92. The summed E-state index contributed by atoms with van der Waals surface area (Å²) in [5.74, 6) is -0.728. The quantitative estimate of drug-likeness (QED) is 0.497. The molecule has 0 radical (unpaired) electrons. The highest BCUT2D eigenvalue weighted by Crippen LogP contribution is 2.31. The molecule has 1 aliphatic carbocycles. The standard InChI is InChI=1S/C10H16O4/c1-13-9(11)7-5-3-4-6-8(7)10(12)14-2/h7-8H,3-6H2,1-2H3/p+1. The third-order valence-electron chi connectivity index (χ3n) is 2.80. The number of carbonyl (C=O) groups excluding carboxylic acids is 2. The van der Waals surface area contributed by atoms with E-state index in [0.29, 0.717) is 0 Å². The fourth-order valence-electron chi connectivity index (χ4n) is 2.01. The van der Waals surface area contributed by atoms with Crippen molar-refractivity contribution >= 4 is 11.9 Å². The first-order valence-corrected chi connectivity index (χ1v) is 4.88. The van der Waals surface area contributed by atoms with Gasteiger partial charge in [-0.25, -0.2) is 0 Å². The summed E-state index contributed by atoms with van der Waals surface area (Å²) >= 11 is 0. The normalized spacial score (nSPS) is 26.7. The van der Waals surface area contributed by atoms with Gasteiger partial charge in [0, 0.05) is 0 Å². The molecule has 4 heteroatoms. The van der Waals surface area contributed by atoms with Crippen molar-refractivity contribution in [1.29, 1.82) is 0 Å².